The van der Waals surface area contributed by atoms with Crippen molar-refractivity contribution in [1.29, 1.82) is 0 Å². The Balaban J connectivity index is 1.68. The van der Waals surface area contributed by atoms with E-state index in [1.807, 2.05) is 12.3 Å². The summed E-state index contributed by atoms with van der Waals surface area (Å²) in [4.78, 5) is 12.2. The number of rotatable bonds is 4. The fraction of sp³-hybridized carbons (Fsp3) is 0.667. The minimum absolute atomic E-state index is 0.515. The smallest absolute Gasteiger partial charge is 0.160 e. The van der Waals surface area contributed by atoms with Crippen molar-refractivity contribution in [1.82, 2.24) is 24.8 Å². The summed E-state index contributed by atoms with van der Waals surface area (Å²) in [6.07, 6.45) is 5.44. The first-order valence-corrected chi connectivity index (χ1v) is 8.99. The van der Waals surface area contributed by atoms with Gasteiger partial charge in [0.2, 0.25) is 0 Å². The topological polar surface area (TPSA) is 46.0 Å². The van der Waals surface area contributed by atoms with Crippen molar-refractivity contribution in [2.45, 2.75) is 45.2 Å². The van der Waals surface area contributed by atoms with Gasteiger partial charge in [-0.1, -0.05) is 0 Å². The zero-order valence-corrected chi connectivity index (χ0v) is 14.2. The van der Waals surface area contributed by atoms with Crippen LogP contribution in [-0.2, 0) is 6.42 Å². The van der Waals surface area contributed by atoms with Crippen molar-refractivity contribution in [3.05, 3.63) is 24.2 Å². The van der Waals surface area contributed by atoms with E-state index in [2.05, 4.69) is 39.7 Å². The number of nitrogens with zero attached hydrogens (tertiary/aromatic N) is 4. The molecular formula is C18H27N5. The van der Waals surface area contributed by atoms with Gasteiger partial charge in [-0.3, -0.25) is 4.90 Å². The van der Waals surface area contributed by atoms with Gasteiger partial charge < -0.3 is 9.88 Å². The molecule has 0 spiro atoms. The lowest BCUT2D eigenvalue weighted by Gasteiger charge is -2.22. The first kappa shape index (κ1) is 15.1. The molecule has 124 valence electrons. The monoisotopic (exact) mass is 313 g/mol. The second kappa shape index (κ2) is 6.21. The molecule has 0 amide bonds. The highest BCUT2D eigenvalue weighted by Crippen LogP contribution is 2.29. The predicted octanol–water partition coefficient (Wildman–Crippen LogP) is 2.24. The van der Waals surface area contributed by atoms with Gasteiger partial charge in [0.1, 0.15) is 11.3 Å². The number of imidazole rings is 1. The molecule has 2 fully saturated rings. The molecule has 0 aromatic carbocycles. The average Bonchev–Trinajstić information content (AvgIpc) is 3.25. The van der Waals surface area contributed by atoms with Crippen LogP contribution in [0.2, 0.25) is 0 Å². The third-order valence-corrected chi connectivity index (χ3v) is 5.45. The zero-order valence-electron chi connectivity index (χ0n) is 14.2. The van der Waals surface area contributed by atoms with Gasteiger partial charge in [-0.25, -0.2) is 9.97 Å². The maximum absolute atomic E-state index is 4.94. The lowest BCUT2D eigenvalue weighted by Crippen LogP contribution is -2.29. The number of fused-ring (bicyclic) bond motifs is 1. The van der Waals surface area contributed by atoms with Crippen LogP contribution in [0.1, 0.15) is 38.6 Å². The molecule has 5 nitrogen and oxygen atoms in total. The van der Waals surface area contributed by atoms with Gasteiger partial charge in [0.15, 0.2) is 5.65 Å². The van der Waals surface area contributed by atoms with E-state index < -0.39 is 0 Å². The largest absolute Gasteiger partial charge is 0.316 e. The van der Waals surface area contributed by atoms with Crippen molar-refractivity contribution in [2.75, 3.05) is 26.2 Å². The Hall–Kier alpha value is -1.46. The molecule has 0 saturated carbocycles. The van der Waals surface area contributed by atoms with Crippen LogP contribution in [-0.4, -0.2) is 51.7 Å². The van der Waals surface area contributed by atoms with Crippen molar-refractivity contribution < 1.29 is 0 Å². The standard InChI is InChI=1S/C18H27N5/c1-13(2)22-9-6-15(12-22)23-17(10-14-5-8-19-11-14)21-16-4-3-7-20-18(16)23/h3-4,7,13-15,19H,5-6,8-12H2,1-2H3. The van der Waals surface area contributed by atoms with Crippen LogP contribution in [0.25, 0.3) is 11.2 Å². The molecule has 0 radical (unpaired) electrons. The predicted molar refractivity (Wildman–Crippen MR) is 92.6 cm³/mol. The van der Waals surface area contributed by atoms with Gasteiger partial charge in [0, 0.05) is 31.7 Å². The Morgan fingerprint density at radius 1 is 1.35 bits per heavy atom. The summed E-state index contributed by atoms with van der Waals surface area (Å²) in [6, 6.07) is 5.23. The first-order chi connectivity index (χ1) is 11.2. The van der Waals surface area contributed by atoms with Crippen LogP contribution in [0.15, 0.2) is 18.3 Å². The molecule has 0 aliphatic carbocycles. The van der Waals surface area contributed by atoms with Crippen molar-refractivity contribution in [2.24, 2.45) is 5.92 Å². The quantitative estimate of drug-likeness (QED) is 0.940. The van der Waals surface area contributed by atoms with Crippen molar-refractivity contribution in [3.8, 4) is 0 Å². The van der Waals surface area contributed by atoms with Gasteiger partial charge in [0.25, 0.3) is 0 Å². The van der Waals surface area contributed by atoms with Crippen LogP contribution in [0, 0.1) is 5.92 Å². The third-order valence-electron chi connectivity index (χ3n) is 5.45. The highest BCUT2D eigenvalue weighted by molar-refractivity contribution is 5.71. The molecular weight excluding hydrogens is 286 g/mol. The summed E-state index contributed by atoms with van der Waals surface area (Å²) in [7, 11) is 0. The molecule has 2 aromatic heterocycles. The summed E-state index contributed by atoms with van der Waals surface area (Å²) in [5, 5.41) is 3.48. The maximum Gasteiger partial charge on any atom is 0.160 e. The lowest BCUT2D eigenvalue weighted by atomic mass is 10.0. The van der Waals surface area contributed by atoms with Crippen LogP contribution in [0.3, 0.4) is 0 Å². The molecule has 0 bridgehead atoms. The molecule has 1 N–H and O–H groups in total. The Bertz CT molecular complexity index is 671. The minimum atomic E-state index is 0.515. The van der Waals surface area contributed by atoms with Gasteiger partial charge in [-0.2, -0.15) is 0 Å². The number of aromatic nitrogens is 3. The SMILES string of the molecule is CC(C)N1CCC(n2c(CC3CCNC3)nc3cccnc32)C1. The van der Waals surface area contributed by atoms with Crippen LogP contribution >= 0.6 is 0 Å². The first-order valence-electron chi connectivity index (χ1n) is 8.99. The summed E-state index contributed by atoms with van der Waals surface area (Å²) >= 11 is 0. The Morgan fingerprint density at radius 2 is 2.26 bits per heavy atom. The average molecular weight is 313 g/mol. The third kappa shape index (κ3) is 2.88. The molecule has 2 aromatic rings. The molecule has 2 atom stereocenters. The fourth-order valence-corrected chi connectivity index (χ4v) is 4.10. The number of hydrogen-bond acceptors (Lipinski definition) is 4. The highest BCUT2D eigenvalue weighted by atomic mass is 15.2. The van der Waals surface area contributed by atoms with Crippen LogP contribution in [0.4, 0.5) is 0 Å². The second-order valence-electron chi connectivity index (χ2n) is 7.34. The molecule has 2 aliphatic heterocycles. The normalized spacial score (nSPS) is 25.9. The lowest BCUT2D eigenvalue weighted by molar-refractivity contribution is 0.265. The van der Waals surface area contributed by atoms with E-state index in [4.69, 9.17) is 4.98 Å². The maximum atomic E-state index is 4.94. The minimum Gasteiger partial charge on any atom is -0.316 e. The second-order valence-corrected chi connectivity index (χ2v) is 7.34. The Labute approximate surface area is 138 Å². The molecule has 4 heterocycles. The van der Waals surface area contributed by atoms with E-state index in [1.54, 1.807) is 0 Å². The van der Waals surface area contributed by atoms with Gasteiger partial charge in [0.05, 0.1) is 6.04 Å². The summed E-state index contributed by atoms with van der Waals surface area (Å²) in [6.45, 7) is 9.15. The van der Waals surface area contributed by atoms with Gasteiger partial charge in [-0.15, -0.1) is 0 Å². The van der Waals surface area contributed by atoms with Crippen LogP contribution < -0.4 is 5.32 Å². The van der Waals surface area contributed by atoms with Crippen molar-refractivity contribution in [3.63, 3.8) is 0 Å². The van der Waals surface area contributed by atoms with E-state index >= 15 is 0 Å². The Kier molecular flexibility index (Phi) is 4.07. The Morgan fingerprint density at radius 3 is 3.00 bits per heavy atom. The number of nitrogens with one attached hydrogen (secondary N) is 1. The van der Waals surface area contributed by atoms with E-state index in [0.29, 0.717) is 18.0 Å². The fourth-order valence-electron chi connectivity index (χ4n) is 4.10. The summed E-state index contributed by atoms with van der Waals surface area (Å²) in [5.41, 5.74) is 2.13. The van der Waals surface area contributed by atoms with E-state index in [9.17, 15) is 0 Å². The number of likely N-dealkylation sites (tertiary alicyclic amines) is 1. The zero-order chi connectivity index (χ0) is 15.8. The van der Waals surface area contributed by atoms with E-state index in [1.165, 1.54) is 25.2 Å². The molecule has 2 saturated heterocycles. The van der Waals surface area contributed by atoms with Gasteiger partial charge >= 0.3 is 0 Å². The molecule has 2 aliphatic rings. The van der Waals surface area contributed by atoms with E-state index in [-0.39, 0.29) is 0 Å². The summed E-state index contributed by atoms with van der Waals surface area (Å²) < 4.78 is 2.45. The van der Waals surface area contributed by atoms with Crippen molar-refractivity contribution >= 4 is 11.2 Å². The highest BCUT2D eigenvalue weighted by Gasteiger charge is 2.30. The van der Waals surface area contributed by atoms with Gasteiger partial charge in [-0.05, 0) is 57.8 Å². The molecule has 4 rings (SSSR count). The molecule has 2 unspecified atom stereocenters. The number of hydrogen-bond donors (Lipinski definition) is 1. The molecule has 23 heavy (non-hydrogen) atoms. The molecule has 5 heteroatoms. The summed E-state index contributed by atoms with van der Waals surface area (Å²) in [5.74, 6) is 1.95. The van der Waals surface area contributed by atoms with E-state index in [0.717, 1.165) is 37.2 Å². The van der Waals surface area contributed by atoms with Crippen LogP contribution in [0.5, 0.6) is 0 Å². The number of pyridine rings is 1.